The molecular weight excluding hydrogens is 448 g/mol. The summed E-state index contributed by atoms with van der Waals surface area (Å²) >= 11 is 1.41. The van der Waals surface area contributed by atoms with Gasteiger partial charge in [-0.3, -0.25) is 14.6 Å². The number of nitrogens with one attached hydrogen (secondary N) is 2. The second-order valence-electron chi connectivity index (χ2n) is 8.43. The fourth-order valence-electron chi connectivity index (χ4n) is 4.35. The third-order valence-corrected chi connectivity index (χ3v) is 7.18. The molecule has 3 heterocycles. The molecule has 0 radical (unpaired) electrons. The topological polar surface area (TPSA) is 87.3 Å². The lowest BCUT2D eigenvalue weighted by Crippen LogP contribution is -2.44. The summed E-state index contributed by atoms with van der Waals surface area (Å²) in [5.41, 5.74) is 3.58. The van der Waals surface area contributed by atoms with E-state index in [1.54, 1.807) is 7.11 Å². The zero-order chi connectivity index (χ0) is 23.5. The molecule has 4 aromatic rings. The van der Waals surface area contributed by atoms with Crippen LogP contribution in [0.5, 0.6) is 5.75 Å². The Morgan fingerprint density at radius 2 is 2.00 bits per heavy atom. The molecule has 0 bridgehead atoms. The lowest BCUT2D eigenvalue weighted by Gasteiger charge is -2.32. The van der Waals surface area contributed by atoms with Gasteiger partial charge in [0.25, 0.3) is 5.56 Å². The van der Waals surface area contributed by atoms with Gasteiger partial charge in [-0.1, -0.05) is 42.5 Å². The van der Waals surface area contributed by atoms with Crippen LogP contribution in [-0.2, 0) is 11.3 Å². The zero-order valence-electron chi connectivity index (χ0n) is 18.9. The van der Waals surface area contributed by atoms with Crippen molar-refractivity contribution >= 4 is 33.4 Å². The van der Waals surface area contributed by atoms with Gasteiger partial charge in [0.2, 0.25) is 11.9 Å². The molecule has 7 nitrogen and oxygen atoms in total. The van der Waals surface area contributed by atoms with Gasteiger partial charge in [0, 0.05) is 30.6 Å². The number of ether oxygens (including phenoxy) is 1. The number of benzene rings is 2. The number of aromatic nitrogens is 2. The Morgan fingerprint density at radius 1 is 1.21 bits per heavy atom. The van der Waals surface area contributed by atoms with Crippen molar-refractivity contribution in [1.29, 1.82) is 0 Å². The van der Waals surface area contributed by atoms with Gasteiger partial charge in [-0.25, -0.2) is 4.98 Å². The minimum absolute atomic E-state index is 0.0180. The van der Waals surface area contributed by atoms with Gasteiger partial charge in [-0.2, -0.15) is 0 Å². The fraction of sp³-hybridized carbons (Fsp3) is 0.269. The molecule has 0 saturated carbocycles. The lowest BCUT2D eigenvalue weighted by atomic mass is 9.97. The van der Waals surface area contributed by atoms with Crippen molar-refractivity contribution in [3.8, 4) is 16.9 Å². The highest BCUT2D eigenvalue weighted by atomic mass is 32.1. The molecule has 2 aromatic heterocycles. The molecule has 0 spiro atoms. The first-order valence-electron chi connectivity index (χ1n) is 11.3. The van der Waals surface area contributed by atoms with E-state index in [-0.39, 0.29) is 17.4 Å². The van der Waals surface area contributed by atoms with Crippen LogP contribution in [-0.4, -0.2) is 36.1 Å². The number of methoxy groups -OCH3 is 1. The highest BCUT2D eigenvalue weighted by Gasteiger charge is 2.27. The van der Waals surface area contributed by atoms with Crippen molar-refractivity contribution in [2.45, 2.75) is 19.4 Å². The number of carbonyl (C=O) groups excluding carboxylic acids is 1. The Hall–Kier alpha value is -3.65. The number of carbonyl (C=O) groups is 1. The summed E-state index contributed by atoms with van der Waals surface area (Å²) in [6.07, 6.45) is 1.67. The molecule has 0 unspecified atom stereocenters. The lowest BCUT2D eigenvalue weighted by molar-refractivity contribution is -0.125. The van der Waals surface area contributed by atoms with Gasteiger partial charge in [0.15, 0.2) is 0 Å². The average molecular weight is 475 g/mol. The molecule has 8 heteroatoms. The predicted octanol–water partition coefficient (Wildman–Crippen LogP) is 4.19. The Kier molecular flexibility index (Phi) is 6.31. The Balaban J connectivity index is 1.32. The summed E-state index contributed by atoms with van der Waals surface area (Å²) in [7, 11) is 1.63. The molecule has 1 aliphatic rings. The van der Waals surface area contributed by atoms with Crippen LogP contribution in [0.4, 0.5) is 5.95 Å². The third kappa shape index (κ3) is 4.54. The normalized spacial score (nSPS) is 15.9. The second-order valence-corrected chi connectivity index (χ2v) is 9.31. The molecule has 1 aliphatic heterocycles. The SMILES string of the molecule is COc1ccc(CNC(=O)[C@H]2CCCN(c3nc4c(-c5ccccc5)csc4c(=O)[nH]3)C2)cc1. The first-order chi connectivity index (χ1) is 16.6. The number of H-pyrrole nitrogens is 1. The predicted molar refractivity (Wildman–Crippen MR) is 135 cm³/mol. The van der Waals surface area contributed by atoms with Crippen LogP contribution in [0.2, 0.25) is 0 Å². The number of hydrogen-bond donors (Lipinski definition) is 2. The van der Waals surface area contributed by atoms with Crippen LogP contribution in [0.25, 0.3) is 21.3 Å². The summed E-state index contributed by atoms with van der Waals surface area (Å²) in [6.45, 7) is 1.74. The number of anilines is 1. The number of aromatic amines is 1. The fourth-order valence-corrected chi connectivity index (χ4v) is 5.26. The van der Waals surface area contributed by atoms with Crippen molar-refractivity contribution in [3.63, 3.8) is 0 Å². The summed E-state index contributed by atoms with van der Waals surface area (Å²) in [6, 6.07) is 17.6. The summed E-state index contributed by atoms with van der Waals surface area (Å²) in [5.74, 6) is 1.17. The monoisotopic (exact) mass is 474 g/mol. The van der Waals surface area contributed by atoms with E-state index in [1.807, 2.05) is 64.9 Å². The number of piperidine rings is 1. The first-order valence-corrected chi connectivity index (χ1v) is 12.2. The molecular formula is C26H26N4O3S. The van der Waals surface area contributed by atoms with Gasteiger partial charge in [0.1, 0.15) is 10.4 Å². The molecule has 1 fully saturated rings. The quantitative estimate of drug-likeness (QED) is 0.438. The third-order valence-electron chi connectivity index (χ3n) is 6.22. The van der Waals surface area contributed by atoms with Crippen LogP contribution in [0.1, 0.15) is 18.4 Å². The second kappa shape index (κ2) is 9.69. The van der Waals surface area contributed by atoms with Crippen LogP contribution in [0, 0.1) is 5.92 Å². The Bertz CT molecular complexity index is 1350. The molecule has 2 N–H and O–H groups in total. The number of hydrogen-bond acceptors (Lipinski definition) is 6. The van der Waals surface area contributed by atoms with Crippen molar-refractivity contribution in [2.75, 3.05) is 25.1 Å². The maximum Gasteiger partial charge on any atom is 0.270 e. The summed E-state index contributed by atoms with van der Waals surface area (Å²) < 4.78 is 5.80. The minimum Gasteiger partial charge on any atom is -0.497 e. The summed E-state index contributed by atoms with van der Waals surface area (Å²) in [5, 5.41) is 5.03. The Labute approximate surface area is 201 Å². The van der Waals surface area contributed by atoms with E-state index in [0.717, 1.165) is 41.8 Å². The highest BCUT2D eigenvalue weighted by Crippen LogP contribution is 2.32. The van der Waals surface area contributed by atoms with E-state index in [4.69, 9.17) is 9.72 Å². The van der Waals surface area contributed by atoms with Gasteiger partial charge in [-0.05, 0) is 36.1 Å². The average Bonchev–Trinajstić information content (AvgIpc) is 3.33. The van der Waals surface area contributed by atoms with Crippen LogP contribution in [0.3, 0.4) is 0 Å². The van der Waals surface area contributed by atoms with Crippen LogP contribution >= 0.6 is 11.3 Å². The van der Waals surface area contributed by atoms with Crippen molar-refractivity contribution in [3.05, 3.63) is 75.9 Å². The van der Waals surface area contributed by atoms with E-state index in [1.165, 1.54) is 11.3 Å². The van der Waals surface area contributed by atoms with Gasteiger partial charge < -0.3 is 15.0 Å². The van der Waals surface area contributed by atoms with Crippen LogP contribution in [0.15, 0.2) is 64.8 Å². The number of amides is 1. The van der Waals surface area contributed by atoms with Gasteiger partial charge >= 0.3 is 0 Å². The van der Waals surface area contributed by atoms with Gasteiger partial charge in [-0.15, -0.1) is 11.3 Å². The van der Waals surface area contributed by atoms with E-state index >= 15 is 0 Å². The van der Waals surface area contributed by atoms with Crippen molar-refractivity contribution in [1.82, 2.24) is 15.3 Å². The molecule has 34 heavy (non-hydrogen) atoms. The smallest absolute Gasteiger partial charge is 0.270 e. The maximum atomic E-state index is 12.9. The molecule has 1 saturated heterocycles. The summed E-state index contributed by atoms with van der Waals surface area (Å²) in [4.78, 5) is 35.5. The van der Waals surface area contributed by atoms with Gasteiger partial charge in [0.05, 0.1) is 18.5 Å². The number of nitrogens with zero attached hydrogens (tertiary/aromatic N) is 2. The number of rotatable bonds is 6. The van der Waals surface area contributed by atoms with E-state index < -0.39 is 0 Å². The molecule has 1 amide bonds. The van der Waals surface area contributed by atoms with E-state index in [0.29, 0.717) is 29.3 Å². The van der Waals surface area contributed by atoms with Crippen LogP contribution < -0.4 is 20.5 Å². The molecule has 5 rings (SSSR count). The molecule has 2 aromatic carbocycles. The maximum absolute atomic E-state index is 12.9. The Morgan fingerprint density at radius 3 is 2.76 bits per heavy atom. The van der Waals surface area contributed by atoms with E-state index in [9.17, 15) is 9.59 Å². The minimum atomic E-state index is -0.163. The molecule has 174 valence electrons. The molecule has 1 atom stereocenters. The number of thiophene rings is 1. The standard InChI is InChI=1S/C26H26N4O3S/c1-33-20-11-9-17(10-12-20)14-27-24(31)19-8-5-13-30(15-19)26-28-22-21(18-6-3-2-4-7-18)16-34-23(22)25(32)29-26/h2-4,6-7,9-12,16,19H,5,8,13-15H2,1H3,(H,27,31)(H,28,29,32)/t19-/m0/s1. The van der Waals surface area contributed by atoms with E-state index in [2.05, 4.69) is 10.3 Å². The highest BCUT2D eigenvalue weighted by molar-refractivity contribution is 7.17. The van der Waals surface area contributed by atoms with Crippen molar-refractivity contribution in [2.24, 2.45) is 5.92 Å². The zero-order valence-corrected chi connectivity index (χ0v) is 19.7. The first kappa shape index (κ1) is 22.2. The van der Waals surface area contributed by atoms with Crippen molar-refractivity contribution < 1.29 is 9.53 Å². The molecule has 0 aliphatic carbocycles. The largest absolute Gasteiger partial charge is 0.497 e. The number of fused-ring (bicyclic) bond motifs is 1.